The Hall–Kier alpha value is -1.27. The minimum atomic E-state index is -3.82. The largest absolute Gasteiger partial charge is 0.492 e. The van der Waals surface area contributed by atoms with Crippen molar-refractivity contribution >= 4 is 25.6 Å². The number of hydrogen-bond acceptors (Lipinski definition) is 4. The Morgan fingerprint density at radius 3 is 2.81 bits per heavy atom. The van der Waals surface area contributed by atoms with Gasteiger partial charge < -0.3 is 10.1 Å². The summed E-state index contributed by atoms with van der Waals surface area (Å²) in [7, 11) is 1.52. The summed E-state index contributed by atoms with van der Waals surface area (Å²) < 4.78 is 28.2. The molecule has 0 aromatic heterocycles. The third kappa shape index (κ3) is 3.89. The Labute approximate surface area is 129 Å². The van der Waals surface area contributed by atoms with E-state index in [1.807, 2.05) is 0 Å². The van der Waals surface area contributed by atoms with Crippen molar-refractivity contribution in [3.05, 3.63) is 23.8 Å². The molecule has 7 heteroatoms. The zero-order valence-corrected chi connectivity index (χ0v) is 13.5. The van der Waals surface area contributed by atoms with Gasteiger partial charge in [0.1, 0.15) is 18.3 Å². The van der Waals surface area contributed by atoms with Gasteiger partial charge in [0.2, 0.25) is 5.91 Å². The van der Waals surface area contributed by atoms with Gasteiger partial charge in [-0.1, -0.05) is 13.8 Å². The minimum absolute atomic E-state index is 0.0200. The average Bonchev–Trinajstić information content (AvgIpc) is 2.79. The number of fused-ring (bicyclic) bond motifs is 1. The number of benzene rings is 1. The normalized spacial score (nSPS) is 17.4. The third-order valence-electron chi connectivity index (χ3n) is 3.38. The zero-order chi connectivity index (χ0) is 15.6. The summed E-state index contributed by atoms with van der Waals surface area (Å²) in [5.41, 5.74) is 0.568. The molecule has 1 unspecified atom stereocenters. The second-order valence-corrected chi connectivity index (χ2v) is 8.04. The molecule has 5 nitrogen and oxygen atoms in total. The van der Waals surface area contributed by atoms with Crippen molar-refractivity contribution in [2.24, 2.45) is 5.92 Å². The second kappa shape index (κ2) is 6.23. The molecule has 21 heavy (non-hydrogen) atoms. The molecule has 116 valence electrons. The molecule has 1 aromatic rings. The zero-order valence-electron chi connectivity index (χ0n) is 11.9. The number of rotatable bonds is 5. The molecule has 0 spiro atoms. The summed E-state index contributed by atoms with van der Waals surface area (Å²) in [5, 5.41) is 2.85. The molecule has 0 bridgehead atoms. The van der Waals surface area contributed by atoms with Crippen LogP contribution < -0.4 is 10.1 Å². The molecule has 1 aliphatic heterocycles. The SMILES string of the molecule is CC(C)CCNC(=O)C1COc2ccc(S(=O)(=O)Cl)cc21. The van der Waals surface area contributed by atoms with Crippen LogP contribution in [0.1, 0.15) is 31.7 Å². The van der Waals surface area contributed by atoms with Gasteiger partial charge in [-0.25, -0.2) is 8.42 Å². The summed E-state index contributed by atoms with van der Waals surface area (Å²) >= 11 is 0. The molecule has 2 rings (SSSR count). The summed E-state index contributed by atoms with van der Waals surface area (Å²) in [4.78, 5) is 12.2. The number of halogens is 1. The molecule has 0 saturated heterocycles. The maximum Gasteiger partial charge on any atom is 0.261 e. The molecule has 1 amide bonds. The van der Waals surface area contributed by atoms with E-state index in [-0.39, 0.29) is 17.4 Å². The first-order valence-electron chi connectivity index (χ1n) is 6.78. The third-order valence-corrected chi connectivity index (χ3v) is 4.73. The lowest BCUT2D eigenvalue weighted by atomic mass is 10.0. The predicted octanol–water partition coefficient (Wildman–Crippen LogP) is 2.25. The van der Waals surface area contributed by atoms with Crippen LogP contribution in [0.3, 0.4) is 0 Å². The first-order chi connectivity index (χ1) is 9.79. The molecular weight excluding hydrogens is 314 g/mol. The van der Waals surface area contributed by atoms with Gasteiger partial charge in [-0.3, -0.25) is 4.79 Å². The Kier molecular flexibility index (Phi) is 4.78. The van der Waals surface area contributed by atoms with E-state index >= 15 is 0 Å². The van der Waals surface area contributed by atoms with Crippen molar-refractivity contribution in [1.29, 1.82) is 0 Å². The van der Waals surface area contributed by atoms with Crippen LogP contribution in [0.5, 0.6) is 5.75 Å². The number of carbonyl (C=O) groups is 1. The van der Waals surface area contributed by atoms with Crippen LogP contribution in [0.15, 0.2) is 23.1 Å². The van der Waals surface area contributed by atoms with Crippen molar-refractivity contribution in [3.8, 4) is 5.75 Å². The predicted molar refractivity (Wildman–Crippen MR) is 80.2 cm³/mol. The minimum Gasteiger partial charge on any atom is -0.492 e. The fourth-order valence-corrected chi connectivity index (χ4v) is 2.96. The fourth-order valence-electron chi connectivity index (χ4n) is 2.17. The Morgan fingerprint density at radius 2 is 2.19 bits per heavy atom. The topological polar surface area (TPSA) is 72.5 Å². The molecule has 1 aliphatic rings. The molecule has 0 saturated carbocycles. The van der Waals surface area contributed by atoms with Crippen LogP contribution >= 0.6 is 10.7 Å². The van der Waals surface area contributed by atoms with E-state index in [0.29, 0.717) is 23.8 Å². The first kappa shape index (κ1) is 16.1. The highest BCUT2D eigenvalue weighted by atomic mass is 35.7. The van der Waals surface area contributed by atoms with Crippen LogP contribution in [0.2, 0.25) is 0 Å². The van der Waals surface area contributed by atoms with Crippen LogP contribution in [-0.2, 0) is 13.8 Å². The van der Waals surface area contributed by atoms with Gasteiger partial charge in [0.25, 0.3) is 9.05 Å². The van der Waals surface area contributed by atoms with Crippen molar-refractivity contribution < 1.29 is 17.9 Å². The lowest BCUT2D eigenvalue weighted by Crippen LogP contribution is -2.31. The number of hydrogen-bond donors (Lipinski definition) is 1. The van der Waals surface area contributed by atoms with E-state index in [9.17, 15) is 13.2 Å². The van der Waals surface area contributed by atoms with E-state index in [4.69, 9.17) is 15.4 Å². The van der Waals surface area contributed by atoms with Crippen LogP contribution in [0.4, 0.5) is 0 Å². The second-order valence-electron chi connectivity index (χ2n) is 5.47. The number of carbonyl (C=O) groups excluding carboxylic acids is 1. The molecule has 1 atom stereocenters. The van der Waals surface area contributed by atoms with Crippen LogP contribution in [0.25, 0.3) is 0 Å². The van der Waals surface area contributed by atoms with Crippen LogP contribution in [0, 0.1) is 5.92 Å². The lowest BCUT2D eigenvalue weighted by molar-refractivity contribution is -0.122. The van der Waals surface area contributed by atoms with E-state index < -0.39 is 15.0 Å². The van der Waals surface area contributed by atoms with Gasteiger partial charge in [-0.2, -0.15) is 0 Å². The van der Waals surface area contributed by atoms with E-state index in [2.05, 4.69) is 19.2 Å². The molecular formula is C14H18ClNO4S. The number of amides is 1. The number of nitrogens with one attached hydrogen (secondary N) is 1. The smallest absolute Gasteiger partial charge is 0.261 e. The molecule has 1 N–H and O–H groups in total. The Bertz CT molecular complexity index is 642. The summed E-state index contributed by atoms with van der Waals surface area (Å²) in [6.07, 6.45) is 0.891. The van der Waals surface area contributed by atoms with E-state index in [1.165, 1.54) is 18.2 Å². The Morgan fingerprint density at radius 1 is 1.48 bits per heavy atom. The quantitative estimate of drug-likeness (QED) is 0.840. The van der Waals surface area contributed by atoms with Gasteiger partial charge in [-0.15, -0.1) is 0 Å². The highest BCUT2D eigenvalue weighted by Gasteiger charge is 2.31. The van der Waals surface area contributed by atoms with Gasteiger partial charge in [0.05, 0.1) is 4.90 Å². The van der Waals surface area contributed by atoms with Gasteiger partial charge >= 0.3 is 0 Å². The molecule has 0 aliphatic carbocycles. The van der Waals surface area contributed by atoms with Crippen LogP contribution in [-0.4, -0.2) is 27.5 Å². The standard InChI is InChI=1S/C14H18ClNO4S/c1-9(2)5-6-16-14(17)12-8-20-13-4-3-10(7-11(12)13)21(15,18)19/h3-4,7,9,12H,5-6,8H2,1-2H3,(H,16,17). The van der Waals surface area contributed by atoms with Gasteiger partial charge in [0.15, 0.2) is 0 Å². The van der Waals surface area contributed by atoms with Crippen molar-refractivity contribution in [2.75, 3.05) is 13.2 Å². The first-order valence-corrected chi connectivity index (χ1v) is 9.09. The summed E-state index contributed by atoms with van der Waals surface area (Å²) in [6, 6.07) is 4.32. The molecule has 1 heterocycles. The van der Waals surface area contributed by atoms with E-state index in [1.54, 1.807) is 0 Å². The fraction of sp³-hybridized carbons (Fsp3) is 0.500. The molecule has 0 fully saturated rings. The van der Waals surface area contributed by atoms with Crippen molar-refractivity contribution in [1.82, 2.24) is 5.32 Å². The van der Waals surface area contributed by atoms with Gasteiger partial charge in [0, 0.05) is 22.8 Å². The molecule has 0 radical (unpaired) electrons. The summed E-state index contributed by atoms with van der Waals surface area (Å²) in [6.45, 7) is 4.97. The summed E-state index contributed by atoms with van der Waals surface area (Å²) in [5.74, 6) is 0.387. The average molecular weight is 332 g/mol. The molecule has 1 aromatic carbocycles. The Balaban J connectivity index is 2.15. The van der Waals surface area contributed by atoms with Gasteiger partial charge in [-0.05, 0) is 30.5 Å². The lowest BCUT2D eigenvalue weighted by Gasteiger charge is -2.11. The maximum atomic E-state index is 12.2. The monoisotopic (exact) mass is 331 g/mol. The highest BCUT2D eigenvalue weighted by Crippen LogP contribution is 2.36. The highest BCUT2D eigenvalue weighted by molar-refractivity contribution is 8.13. The van der Waals surface area contributed by atoms with Crippen molar-refractivity contribution in [3.63, 3.8) is 0 Å². The van der Waals surface area contributed by atoms with Crippen molar-refractivity contribution in [2.45, 2.75) is 31.1 Å². The van der Waals surface area contributed by atoms with E-state index in [0.717, 1.165) is 6.42 Å². The maximum absolute atomic E-state index is 12.2. The number of ether oxygens (including phenoxy) is 1.